The van der Waals surface area contributed by atoms with Crippen molar-refractivity contribution < 1.29 is 14.2 Å². The van der Waals surface area contributed by atoms with Gasteiger partial charge in [-0.15, -0.1) is 24.0 Å². The number of hydrogen-bond acceptors (Lipinski definition) is 4. The van der Waals surface area contributed by atoms with Crippen molar-refractivity contribution in [3.05, 3.63) is 53.6 Å². The van der Waals surface area contributed by atoms with Gasteiger partial charge in [0.05, 0.1) is 26.9 Å². The summed E-state index contributed by atoms with van der Waals surface area (Å²) in [5, 5.41) is 7.02. The molecule has 0 bridgehead atoms. The van der Waals surface area contributed by atoms with E-state index in [9.17, 15) is 0 Å². The molecule has 0 aromatic heterocycles. The van der Waals surface area contributed by atoms with Gasteiger partial charge in [0.1, 0.15) is 5.75 Å². The van der Waals surface area contributed by atoms with E-state index in [-0.39, 0.29) is 35.4 Å². The summed E-state index contributed by atoms with van der Waals surface area (Å²) in [7, 11) is 5.10. The molecule has 1 atom stereocenters. The van der Waals surface area contributed by atoms with Gasteiger partial charge in [-0.3, -0.25) is 4.99 Å². The number of ether oxygens (including phenoxy) is 3. The number of nitrogens with zero attached hydrogens (tertiary/aromatic N) is 1. The number of fused-ring (bicyclic) bond motifs is 1. The van der Waals surface area contributed by atoms with Crippen molar-refractivity contribution in [2.75, 3.05) is 34.4 Å². The highest BCUT2D eigenvalue weighted by molar-refractivity contribution is 14.0. The highest BCUT2D eigenvalue weighted by Gasteiger charge is 2.25. The number of para-hydroxylation sites is 1. The first-order valence-corrected chi connectivity index (χ1v) is 9.90. The van der Waals surface area contributed by atoms with E-state index in [4.69, 9.17) is 14.2 Å². The molecule has 0 fully saturated rings. The summed E-state index contributed by atoms with van der Waals surface area (Å²) >= 11 is 0. The van der Waals surface area contributed by atoms with Crippen LogP contribution in [0.4, 0.5) is 0 Å². The Kier molecular flexibility index (Phi) is 8.64. The lowest BCUT2D eigenvalue weighted by molar-refractivity contribution is 0.261. The Labute approximate surface area is 196 Å². The highest BCUT2D eigenvalue weighted by atomic mass is 127. The molecule has 164 valence electrons. The largest absolute Gasteiger partial charge is 0.493 e. The molecule has 2 aromatic carbocycles. The third kappa shape index (κ3) is 5.50. The van der Waals surface area contributed by atoms with Gasteiger partial charge >= 0.3 is 0 Å². The minimum atomic E-state index is -0.134. The number of halogens is 1. The maximum Gasteiger partial charge on any atom is 0.191 e. The summed E-state index contributed by atoms with van der Waals surface area (Å²) in [6.45, 7) is 5.80. The second-order valence-electron chi connectivity index (χ2n) is 7.75. The van der Waals surface area contributed by atoms with Crippen molar-refractivity contribution in [2.45, 2.75) is 31.7 Å². The van der Waals surface area contributed by atoms with Gasteiger partial charge in [-0.25, -0.2) is 0 Å². The van der Waals surface area contributed by atoms with E-state index in [1.807, 2.05) is 30.3 Å². The number of aliphatic imine (C=N–C) groups is 1. The lowest BCUT2D eigenvalue weighted by atomic mass is 9.84. The first-order valence-electron chi connectivity index (χ1n) is 9.90. The van der Waals surface area contributed by atoms with Crippen LogP contribution in [0, 0.1) is 0 Å². The SMILES string of the molecule is CN=C(NCC(C)(C)c1ccc(OC)c(OC)c1)NC1CCOc2ccccc21.I. The standard InChI is InChI=1S/C23H31N3O3.HI/c1-23(2,16-10-11-20(27-4)21(14-16)28-5)15-25-22(24-3)26-18-12-13-29-19-9-7-6-8-17(18)19;/h6-11,14,18H,12-13,15H2,1-5H3,(H2,24,25,26);1H. The molecular weight excluding hydrogens is 493 g/mol. The molecule has 0 spiro atoms. The predicted octanol–water partition coefficient (Wildman–Crippen LogP) is 4.29. The second-order valence-corrected chi connectivity index (χ2v) is 7.75. The number of guanidine groups is 1. The topological polar surface area (TPSA) is 64.1 Å². The quantitative estimate of drug-likeness (QED) is 0.335. The summed E-state index contributed by atoms with van der Waals surface area (Å²) < 4.78 is 16.6. The van der Waals surface area contributed by atoms with Gasteiger partial charge in [0, 0.05) is 31.0 Å². The van der Waals surface area contributed by atoms with Gasteiger partial charge in [-0.2, -0.15) is 0 Å². The smallest absolute Gasteiger partial charge is 0.191 e. The molecule has 2 N–H and O–H groups in total. The number of methoxy groups -OCH3 is 2. The number of hydrogen-bond donors (Lipinski definition) is 2. The fourth-order valence-corrected chi connectivity index (χ4v) is 3.52. The van der Waals surface area contributed by atoms with E-state index in [2.05, 4.69) is 41.6 Å². The second kappa shape index (κ2) is 10.7. The highest BCUT2D eigenvalue weighted by Crippen LogP contribution is 2.33. The molecule has 0 aliphatic carbocycles. The molecule has 0 amide bonds. The fourth-order valence-electron chi connectivity index (χ4n) is 3.52. The van der Waals surface area contributed by atoms with Gasteiger partial charge in [0.15, 0.2) is 17.5 Å². The van der Waals surface area contributed by atoms with Crippen LogP contribution >= 0.6 is 24.0 Å². The van der Waals surface area contributed by atoms with Crippen molar-refractivity contribution >= 4 is 29.9 Å². The Morgan fingerprint density at radius 2 is 1.87 bits per heavy atom. The average molecular weight is 525 g/mol. The minimum Gasteiger partial charge on any atom is -0.493 e. The third-order valence-corrected chi connectivity index (χ3v) is 5.36. The van der Waals surface area contributed by atoms with Gasteiger partial charge in [-0.05, 0) is 23.8 Å². The van der Waals surface area contributed by atoms with Gasteiger partial charge < -0.3 is 24.8 Å². The molecule has 7 heteroatoms. The van der Waals surface area contributed by atoms with E-state index in [0.29, 0.717) is 13.2 Å². The predicted molar refractivity (Wildman–Crippen MR) is 132 cm³/mol. The lowest BCUT2D eigenvalue weighted by Gasteiger charge is -2.30. The van der Waals surface area contributed by atoms with Crippen molar-refractivity contribution in [3.8, 4) is 17.2 Å². The molecule has 1 heterocycles. The molecule has 30 heavy (non-hydrogen) atoms. The van der Waals surface area contributed by atoms with Crippen LogP contribution in [-0.2, 0) is 5.41 Å². The molecule has 0 saturated carbocycles. The number of nitrogens with one attached hydrogen (secondary N) is 2. The van der Waals surface area contributed by atoms with Gasteiger partial charge in [0.25, 0.3) is 0 Å². The summed E-state index contributed by atoms with van der Waals surface area (Å²) in [5.74, 6) is 3.19. The van der Waals surface area contributed by atoms with E-state index in [1.54, 1.807) is 21.3 Å². The summed E-state index contributed by atoms with van der Waals surface area (Å²) in [6.07, 6.45) is 0.900. The molecule has 3 rings (SSSR count). The van der Waals surface area contributed by atoms with Crippen LogP contribution in [-0.4, -0.2) is 40.4 Å². The Balaban J connectivity index is 0.00000320. The molecule has 1 aliphatic rings. The summed E-state index contributed by atoms with van der Waals surface area (Å²) in [5.41, 5.74) is 2.19. The monoisotopic (exact) mass is 525 g/mol. The molecular formula is C23H32IN3O3. The number of rotatable bonds is 6. The zero-order valence-corrected chi connectivity index (χ0v) is 20.7. The van der Waals surface area contributed by atoms with Crippen molar-refractivity contribution in [1.82, 2.24) is 10.6 Å². The maximum absolute atomic E-state index is 5.76. The Hall–Kier alpha value is -2.16. The van der Waals surface area contributed by atoms with E-state index in [0.717, 1.165) is 35.2 Å². The van der Waals surface area contributed by atoms with Crippen LogP contribution in [0.1, 0.15) is 37.4 Å². The minimum absolute atomic E-state index is 0. The van der Waals surface area contributed by atoms with Crippen LogP contribution in [0.3, 0.4) is 0 Å². The van der Waals surface area contributed by atoms with Crippen molar-refractivity contribution in [3.63, 3.8) is 0 Å². The van der Waals surface area contributed by atoms with Crippen LogP contribution < -0.4 is 24.8 Å². The summed E-state index contributed by atoms with van der Waals surface area (Å²) in [6, 6.07) is 14.4. The fraction of sp³-hybridized carbons (Fsp3) is 0.435. The van der Waals surface area contributed by atoms with Crippen molar-refractivity contribution in [1.29, 1.82) is 0 Å². The van der Waals surface area contributed by atoms with Crippen LogP contribution in [0.25, 0.3) is 0 Å². The molecule has 1 aliphatic heterocycles. The van der Waals surface area contributed by atoms with Crippen molar-refractivity contribution in [2.24, 2.45) is 4.99 Å². The summed E-state index contributed by atoms with van der Waals surface area (Å²) in [4.78, 5) is 4.42. The molecule has 6 nitrogen and oxygen atoms in total. The molecule has 0 radical (unpaired) electrons. The van der Waals surface area contributed by atoms with Gasteiger partial charge in [0.2, 0.25) is 0 Å². The zero-order valence-electron chi connectivity index (χ0n) is 18.3. The third-order valence-electron chi connectivity index (χ3n) is 5.36. The average Bonchev–Trinajstić information content (AvgIpc) is 2.76. The van der Waals surface area contributed by atoms with Crippen LogP contribution in [0.5, 0.6) is 17.2 Å². The van der Waals surface area contributed by atoms with Crippen LogP contribution in [0.2, 0.25) is 0 Å². The Morgan fingerprint density at radius 1 is 1.13 bits per heavy atom. The van der Waals surface area contributed by atoms with E-state index < -0.39 is 0 Å². The van der Waals surface area contributed by atoms with Crippen LogP contribution in [0.15, 0.2) is 47.5 Å². The number of benzene rings is 2. The maximum atomic E-state index is 5.76. The zero-order chi connectivity index (χ0) is 20.9. The molecule has 0 saturated heterocycles. The van der Waals surface area contributed by atoms with E-state index in [1.165, 1.54) is 5.56 Å². The van der Waals surface area contributed by atoms with Gasteiger partial charge in [-0.1, -0.05) is 38.1 Å². The molecule has 1 unspecified atom stereocenters. The first-order chi connectivity index (χ1) is 14.0. The lowest BCUT2D eigenvalue weighted by Crippen LogP contribution is -2.45. The molecule has 2 aromatic rings. The first kappa shape index (κ1) is 24.1. The van der Waals surface area contributed by atoms with E-state index >= 15 is 0 Å². The Bertz CT molecular complexity index is 871. The normalized spacial score (nSPS) is 15.9. The Morgan fingerprint density at radius 3 is 2.57 bits per heavy atom.